The number of rotatable bonds is 2. The van der Waals surface area contributed by atoms with Crippen molar-refractivity contribution in [1.82, 2.24) is 15.3 Å². The second kappa shape index (κ2) is 3.49. The summed E-state index contributed by atoms with van der Waals surface area (Å²) in [5.74, 6) is 0.327. The van der Waals surface area contributed by atoms with E-state index in [4.69, 9.17) is 10.8 Å². The smallest absolute Gasteiger partial charge is 0.404 e. The number of H-pyrrole nitrogens is 1. The number of nitrogen functional groups attached to an aromatic ring is 1. The van der Waals surface area contributed by atoms with Crippen molar-refractivity contribution < 1.29 is 9.90 Å². The molecule has 6 nitrogen and oxygen atoms in total. The Balaban J connectivity index is 2.37. The number of nitrogens with zero attached hydrogens (tertiary/aromatic N) is 1. The number of amides is 1. The molecule has 78 valence electrons. The minimum Gasteiger partial charge on any atom is -0.465 e. The molecule has 0 spiro atoms. The highest BCUT2D eigenvalue weighted by Gasteiger charge is 2.05. The Bertz CT molecular complexity index is 506. The Labute approximate surface area is 85.1 Å². The minimum absolute atomic E-state index is 0.219. The summed E-state index contributed by atoms with van der Waals surface area (Å²) in [6, 6.07) is 5.46. The number of hydrogen-bond acceptors (Lipinski definition) is 3. The Morgan fingerprint density at radius 3 is 3.13 bits per heavy atom. The van der Waals surface area contributed by atoms with Crippen molar-refractivity contribution in [3.05, 3.63) is 23.8 Å². The molecular formula is C9H10N4O2. The fourth-order valence-corrected chi connectivity index (χ4v) is 1.42. The van der Waals surface area contributed by atoms with Gasteiger partial charge in [-0.2, -0.15) is 0 Å². The fraction of sp³-hybridized carbons (Fsp3) is 0.111. The normalized spacial score (nSPS) is 10.4. The van der Waals surface area contributed by atoms with Gasteiger partial charge in [0.15, 0.2) is 5.95 Å². The van der Waals surface area contributed by atoms with Gasteiger partial charge in [0, 0.05) is 6.54 Å². The summed E-state index contributed by atoms with van der Waals surface area (Å²) in [6.45, 7) is 0.219. The zero-order valence-electron chi connectivity index (χ0n) is 7.82. The number of aromatic nitrogens is 2. The minimum atomic E-state index is -1.06. The first-order valence-corrected chi connectivity index (χ1v) is 4.36. The van der Waals surface area contributed by atoms with Gasteiger partial charge in [-0.3, -0.25) is 0 Å². The Morgan fingerprint density at radius 2 is 2.40 bits per heavy atom. The Hall–Kier alpha value is -2.24. The van der Waals surface area contributed by atoms with Crippen LogP contribution in [0.3, 0.4) is 0 Å². The average Bonchev–Trinajstić information content (AvgIpc) is 2.55. The van der Waals surface area contributed by atoms with Crippen molar-refractivity contribution in [3.8, 4) is 0 Å². The molecule has 1 aromatic carbocycles. The van der Waals surface area contributed by atoms with Crippen LogP contribution in [0.1, 0.15) is 5.56 Å². The van der Waals surface area contributed by atoms with Gasteiger partial charge in [0.05, 0.1) is 11.0 Å². The molecule has 15 heavy (non-hydrogen) atoms. The van der Waals surface area contributed by atoms with Crippen LogP contribution in [0.5, 0.6) is 0 Å². The number of aromatic amines is 1. The highest BCUT2D eigenvalue weighted by molar-refractivity contribution is 5.81. The predicted molar refractivity (Wildman–Crippen MR) is 55.4 cm³/mol. The summed E-state index contributed by atoms with van der Waals surface area (Å²) < 4.78 is 0. The molecule has 0 bridgehead atoms. The lowest BCUT2D eigenvalue weighted by atomic mass is 10.2. The van der Waals surface area contributed by atoms with Crippen molar-refractivity contribution >= 4 is 23.1 Å². The molecule has 1 aromatic heterocycles. The number of imidazole rings is 1. The topological polar surface area (TPSA) is 104 Å². The second-order valence-corrected chi connectivity index (χ2v) is 3.09. The molecule has 0 fully saturated rings. The predicted octanol–water partition coefficient (Wildman–Crippen LogP) is 0.913. The second-order valence-electron chi connectivity index (χ2n) is 3.09. The largest absolute Gasteiger partial charge is 0.465 e. The highest BCUT2D eigenvalue weighted by atomic mass is 16.4. The third-order valence-electron chi connectivity index (χ3n) is 2.04. The van der Waals surface area contributed by atoms with Crippen molar-refractivity contribution in [1.29, 1.82) is 0 Å². The van der Waals surface area contributed by atoms with Crippen molar-refractivity contribution in [3.63, 3.8) is 0 Å². The average molecular weight is 206 g/mol. The highest BCUT2D eigenvalue weighted by Crippen LogP contribution is 2.16. The molecular weight excluding hydrogens is 196 g/mol. The maximum absolute atomic E-state index is 10.3. The first-order valence-electron chi connectivity index (χ1n) is 4.36. The fourth-order valence-electron chi connectivity index (χ4n) is 1.42. The van der Waals surface area contributed by atoms with Crippen LogP contribution >= 0.6 is 0 Å². The van der Waals surface area contributed by atoms with Crippen LogP contribution in [-0.4, -0.2) is 21.2 Å². The van der Waals surface area contributed by atoms with Crippen LogP contribution in [-0.2, 0) is 6.54 Å². The third kappa shape index (κ3) is 1.83. The monoisotopic (exact) mass is 206 g/mol. The van der Waals surface area contributed by atoms with Crippen LogP contribution in [0.4, 0.5) is 10.7 Å². The first kappa shape index (κ1) is 9.32. The standard InChI is InChI=1S/C9H10N4O2/c10-8-12-6-3-1-2-5(7(6)13-8)4-11-9(14)15/h1-3,11H,4H2,(H,14,15)(H3,10,12,13). The first-order chi connectivity index (χ1) is 7.16. The van der Waals surface area contributed by atoms with Crippen LogP contribution < -0.4 is 11.1 Å². The lowest BCUT2D eigenvalue weighted by Gasteiger charge is -2.01. The van der Waals surface area contributed by atoms with Gasteiger partial charge in [0.2, 0.25) is 0 Å². The van der Waals surface area contributed by atoms with Gasteiger partial charge < -0.3 is 21.1 Å². The maximum Gasteiger partial charge on any atom is 0.404 e. The van der Waals surface area contributed by atoms with Gasteiger partial charge in [0.25, 0.3) is 0 Å². The van der Waals surface area contributed by atoms with Crippen molar-refractivity contribution in [2.45, 2.75) is 6.54 Å². The zero-order chi connectivity index (χ0) is 10.8. The van der Waals surface area contributed by atoms with Crippen LogP contribution in [0.25, 0.3) is 11.0 Å². The molecule has 0 unspecified atom stereocenters. The number of carbonyl (C=O) groups is 1. The number of hydrogen-bond donors (Lipinski definition) is 4. The van der Waals surface area contributed by atoms with E-state index in [2.05, 4.69) is 15.3 Å². The molecule has 0 aliphatic heterocycles. The van der Waals surface area contributed by atoms with E-state index >= 15 is 0 Å². The van der Waals surface area contributed by atoms with Crippen molar-refractivity contribution in [2.24, 2.45) is 0 Å². The number of nitrogens with two attached hydrogens (primary N) is 1. The van der Waals surface area contributed by atoms with E-state index in [1.54, 1.807) is 6.07 Å². The van der Waals surface area contributed by atoms with E-state index in [1.165, 1.54) is 0 Å². The molecule has 0 saturated heterocycles. The molecule has 1 amide bonds. The molecule has 1 heterocycles. The molecule has 0 radical (unpaired) electrons. The third-order valence-corrected chi connectivity index (χ3v) is 2.04. The van der Waals surface area contributed by atoms with Gasteiger partial charge in [-0.25, -0.2) is 9.78 Å². The molecule has 5 N–H and O–H groups in total. The van der Waals surface area contributed by atoms with Gasteiger partial charge in [-0.15, -0.1) is 0 Å². The number of anilines is 1. The van der Waals surface area contributed by atoms with Gasteiger partial charge >= 0.3 is 6.09 Å². The summed E-state index contributed by atoms with van der Waals surface area (Å²) in [5, 5.41) is 10.8. The van der Waals surface area contributed by atoms with Crippen molar-refractivity contribution in [2.75, 3.05) is 5.73 Å². The lowest BCUT2D eigenvalue weighted by molar-refractivity contribution is 0.194. The van der Waals surface area contributed by atoms with E-state index < -0.39 is 6.09 Å². The summed E-state index contributed by atoms with van der Waals surface area (Å²) >= 11 is 0. The molecule has 6 heteroatoms. The number of para-hydroxylation sites is 1. The van der Waals surface area contributed by atoms with Crippen LogP contribution in [0.15, 0.2) is 18.2 Å². The van der Waals surface area contributed by atoms with E-state index in [9.17, 15) is 4.79 Å². The van der Waals surface area contributed by atoms with Crippen LogP contribution in [0.2, 0.25) is 0 Å². The molecule has 0 aliphatic carbocycles. The number of nitrogens with one attached hydrogen (secondary N) is 2. The maximum atomic E-state index is 10.3. The summed E-state index contributed by atoms with van der Waals surface area (Å²) in [6.07, 6.45) is -1.06. The van der Waals surface area contributed by atoms with Gasteiger partial charge in [-0.1, -0.05) is 12.1 Å². The van der Waals surface area contributed by atoms with E-state index in [0.29, 0.717) is 11.5 Å². The summed E-state index contributed by atoms with van der Waals surface area (Å²) in [7, 11) is 0. The van der Waals surface area contributed by atoms with Gasteiger partial charge in [0.1, 0.15) is 0 Å². The SMILES string of the molecule is Nc1nc2c(CNC(=O)O)cccc2[nH]1. The van der Waals surface area contributed by atoms with E-state index in [1.807, 2.05) is 12.1 Å². The number of carboxylic acid groups (broad SMARTS) is 1. The Morgan fingerprint density at radius 1 is 1.60 bits per heavy atom. The quantitative estimate of drug-likeness (QED) is 0.586. The van der Waals surface area contributed by atoms with E-state index in [0.717, 1.165) is 11.1 Å². The molecule has 0 atom stereocenters. The lowest BCUT2D eigenvalue weighted by Crippen LogP contribution is -2.20. The molecule has 0 saturated carbocycles. The number of benzene rings is 1. The zero-order valence-corrected chi connectivity index (χ0v) is 7.82. The molecule has 2 aromatic rings. The summed E-state index contributed by atoms with van der Waals surface area (Å²) in [5.41, 5.74) is 7.81. The molecule has 0 aliphatic rings. The van der Waals surface area contributed by atoms with Gasteiger partial charge in [-0.05, 0) is 11.6 Å². The Kier molecular flexibility index (Phi) is 2.17. The molecule has 2 rings (SSSR count). The number of fused-ring (bicyclic) bond motifs is 1. The van der Waals surface area contributed by atoms with E-state index in [-0.39, 0.29) is 6.54 Å². The summed E-state index contributed by atoms with van der Waals surface area (Å²) in [4.78, 5) is 17.3. The van der Waals surface area contributed by atoms with Crippen LogP contribution in [0, 0.1) is 0 Å².